The van der Waals surface area contributed by atoms with Crippen LogP contribution >= 0.6 is 12.2 Å². The monoisotopic (exact) mass is 298 g/mol. The summed E-state index contributed by atoms with van der Waals surface area (Å²) >= 11 is 5.27. The van der Waals surface area contributed by atoms with Crippen LogP contribution in [0.1, 0.15) is 20.8 Å². The molecule has 0 saturated carbocycles. The summed E-state index contributed by atoms with van der Waals surface area (Å²) in [7, 11) is 4.72. The predicted molar refractivity (Wildman–Crippen MR) is 85.2 cm³/mol. The Morgan fingerprint density at radius 2 is 1.50 bits per heavy atom. The fraction of sp³-hybridized carbons (Fsp3) is 0.500. The van der Waals surface area contributed by atoms with Crippen molar-refractivity contribution >= 4 is 23.0 Å². The van der Waals surface area contributed by atoms with Gasteiger partial charge in [0.25, 0.3) is 0 Å². The molecule has 0 bridgehead atoms. The lowest BCUT2D eigenvalue weighted by molar-refractivity contribution is 0.324. The van der Waals surface area contributed by atoms with E-state index in [1.807, 2.05) is 20.8 Å². The molecule has 2 N–H and O–H groups in total. The Morgan fingerprint density at radius 3 is 1.85 bits per heavy atom. The normalized spacial score (nSPS) is 10.7. The molecule has 5 nitrogen and oxygen atoms in total. The minimum Gasteiger partial charge on any atom is -0.493 e. The molecule has 0 aromatic heterocycles. The van der Waals surface area contributed by atoms with Gasteiger partial charge in [-0.25, -0.2) is 0 Å². The summed E-state index contributed by atoms with van der Waals surface area (Å²) in [6.45, 7) is 6.11. The number of thiocarbonyl (C=S) groups is 1. The van der Waals surface area contributed by atoms with E-state index in [0.717, 1.165) is 5.69 Å². The molecule has 0 unspecified atom stereocenters. The van der Waals surface area contributed by atoms with E-state index < -0.39 is 0 Å². The van der Waals surface area contributed by atoms with E-state index in [9.17, 15) is 0 Å². The molecule has 0 atom stereocenters. The van der Waals surface area contributed by atoms with Crippen LogP contribution in [-0.2, 0) is 0 Å². The van der Waals surface area contributed by atoms with Gasteiger partial charge in [-0.1, -0.05) is 0 Å². The second kappa shape index (κ2) is 6.65. The minimum absolute atomic E-state index is 0.106. The van der Waals surface area contributed by atoms with Crippen LogP contribution in [0.25, 0.3) is 0 Å². The van der Waals surface area contributed by atoms with Crippen molar-refractivity contribution < 1.29 is 14.2 Å². The molecule has 1 aromatic carbocycles. The van der Waals surface area contributed by atoms with Crippen molar-refractivity contribution in [2.75, 3.05) is 26.6 Å². The molecular weight excluding hydrogens is 276 g/mol. The molecule has 0 fully saturated rings. The van der Waals surface area contributed by atoms with Gasteiger partial charge in [0.2, 0.25) is 5.75 Å². The molecule has 20 heavy (non-hydrogen) atoms. The van der Waals surface area contributed by atoms with Crippen molar-refractivity contribution in [3.05, 3.63) is 12.1 Å². The van der Waals surface area contributed by atoms with Gasteiger partial charge in [-0.05, 0) is 33.0 Å². The van der Waals surface area contributed by atoms with E-state index in [4.69, 9.17) is 26.4 Å². The van der Waals surface area contributed by atoms with Crippen LogP contribution in [0, 0.1) is 0 Å². The Morgan fingerprint density at radius 1 is 1.00 bits per heavy atom. The first-order valence-corrected chi connectivity index (χ1v) is 6.60. The third kappa shape index (κ3) is 4.45. The highest BCUT2D eigenvalue weighted by Gasteiger charge is 2.15. The summed E-state index contributed by atoms with van der Waals surface area (Å²) in [5.74, 6) is 1.70. The van der Waals surface area contributed by atoms with Crippen molar-refractivity contribution in [3.63, 3.8) is 0 Å². The van der Waals surface area contributed by atoms with Crippen molar-refractivity contribution in [1.82, 2.24) is 5.32 Å². The molecule has 0 heterocycles. The largest absolute Gasteiger partial charge is 0.493 e. The molecule has 112 valence electrons. The van der Waals surface area contributed by atoms with E-state index in [2.05, 4.69) is 10.6 Å². The van der Waals surface area contributed by atoms with Crippen LogP contribution in [0.2, 0.25) is 0 Å². The van der Waals surface area contributed by atoms with Crippen LogP contribution < -0.4 is 24.8 Å². The fourth-order valence-electron chi connectivity index (χ4n) is 1.66. The van der Waals surface area contributed by atoms with E-state index in [1.54, 1.807) is 33.5 Å². The van der Waals surface area contributed by atoms with Crippen LogP contribution in [0.4, 0.5) is 5.69 Å². The van der Waals surface area contributed by atoms with E-state index in [-0.39, 0.29) is 5.54 Å². The van der Waals surface area contributed by atoms with Gasteiger partial charge in [0.15, 0.2) is 16.6 Å². The number of ether oxygens (including phenoxy) is 3. The number of hydrogen-bond acceptors (Lipinski definition) is 4. The summed E-state index contributed by atoms with van der Waals surface area (Å²) in [4.78, 5) is 0. The lowest BCUT2D eigenvalue weighted by Crippen LogP contribution is -2.42. The molecule has 0 saturated heterocycles. The van der Waals surface area contributed by atoms with Crippen LogP contribution in [0.5, 0.6) is 17.2 Å². The minimum atomic E-state index is -0.106. The van der Waals surface area contributed by atoms with Gasteiger partial charge in [0, 0.05) is 23.4 Å². The number of anilines is 1. The molecule has 0 amide bonds. The van der Waals surface area contributed by atoms with Gasteiger partial charge >= 0.3 is 0 Å². The van der Waals surface area contributed by atoms with Gasteiger partial charge in [0.1, 0.15) is 0 Å². The SMILES string of the molecule is COc1cc(NC(=S)NC(C)(C)C)cc(OC)c1OC. The van der Waals surface area contributed by atoms with Gasteiger partial charge in [-0.15, -0.1) is 0 Å². The smallest absolute Gasteiger partial charge is 0.203 e. The molecule has 1 rings (SSSR count). The molecule has 0 aliphatic carbocycles. The maximum absolute atomic E-state index is 5.29. The molecule has 1 aromatic rings. The van der Waals surface area contributed by atoms with Crippen LogP contribution in [-0.4, -0.2) is 32.0 Å². The predicted octanol–water partition coefficient (Wildman–Crippen LogP) is 2.80. The van der Waals surface area contributed by atoms with Gasteiger partial charge in [-0.3, -0.25) is 0 Å². The number of rotatable bonds is 4. The van der Waals surface area contributed by atoms with E-state index in [1.165, 1.54) is 0 Å². The number of methoxy groups -OCH3 is 3. The number of benzene rings is 1. The summed E-state index contributed by atoms with van der Waals surface area (Å²) in [5, 5.41) is 6.82. The summed E-state index contributed by atoms with van der Waals surface area (Å²) < 4.78 is 15.9. The number of hydrogen-bond donors (Lipinski definition) is 2. The quantitative estimate of drug-likeness (QED) is 0.834. The first-order chi connectivity index (χ1) is 9.30. The molecule has 0 spiro atoms. The lowest BCUT2D eigenvalue weighted by Gasteiger charge is -2.23. The molecule has 6 heteroatoms. The zero-order valence-corrected chi connectivity index (χ0v) is 13.6. The van der Waals surface area contributed by atoms with Gasteiger partial charge in [-0.2, -0.15) is 0 Å². The Labute approximate surface area is 125 Å². The summed E-state index contributed by atoms with van der Waals surface area (Å²) in [5.41, 5.74) is 0.659. The summed E-state index contributed by atoms with van der Waals surface area (Å²) in [6.07, 6.45) is 0. The maximum Gasteiger partial charge on any atom is 0.203 e. The standard InChI is InChI=1S/C14H22N2O3S/c1-14(2,3)16-13(20)15-9-7-10(17-4)12(19-6)11(8-9)18-5/h7-8H,1-6H3,(H2,15,16,20). The molecular formula is C14H22N2O3S. The molecule has 0 aliphatic heterocycles. The Hall–Kier alpha value is -1.69. The Balaban J connectivity index is 2.99. The topological polar surface area (TPSA) is 51.8 Å². The number of nitrogens with one attached hydrogen (secondary N) is 2. The average Bonchev–Trinajstić information content (AvgIpc) is 2.35. The van der Waals surface area contributed by atoms with Crippen LogP contribution in [0.3, 0.4) is 0 Å². The third-order valence-electron chi connectivity index (χ3n) is 2.41. The van der Waals surface area contributed by atoms with Gasteiger partial charge in [0.05, 0.1) is 21.3 Å². The van der Waals surface area contributed by atoms with Crippen molar-refractivity contribution in [2.45, 2.75) is 26.3 Å². The average molecular weight is 298 g/mol. The lowest BCUT2D eigenvalue weighted by atomic mass is 10.1. The second-order valence-electron chi connectivity index (χ2n) is 5.24. The van der Waals surface area contributed by atoms with E-state index in [0.29, 0.717) is 22.4 Å². The highest BCUT2D eigenvalue weighted by molar-refractivity contribution is 7.80. The Bertz CT molecular complexity index is 459. The van der Waals surface area contributed by atoms with Crippen LogP contribution in [0.15, 0.2) is 12.1 Å². The second-order valence-corrected chi connectivity index (χ2v) is 5.65. The first kappa shape index (κ1) is 16.4. The van der Waals surface area contributed by atoms with E-state index >= 15 is 0 Å². The zero-order chi connectivity index (χ0) is 15.3. The highest BCUT2D eigenvalue weighted by atomic mass is 32.1. The van der Waals surface area contributed by atoms with Crippen molar-refractivity contribution in [2.24, 2.45) is 0 Å². The van der Waals surface area contributed by atoms with Gasteiger partial charge < -0.3 is 24.8 Å². The molecule has 0 aliphatic rings. The maximum atomic E-state index is 5.29. The summed E-state index contributed by atoms with van der Waals surface area (Å²) in [6, 6.07) is 3.61. The zero-order valence-electron chi connectivity index (χ0n) is 12.8. The van der Waals surface area contributed by atoms with Crippen molar-refractivity contribution in [1.29, 1.82) is 0 Å². The van der Waals surface area contributed by atoms with Crippen molar-refractivity contribution in [3.8, 4) is 17.2 Å². The molecule has 0 radical (unpaired) electrons. The first-order valence-electron chi connectivity index (χ1n) is 6.20. The Kier molecular flexibility index (Phi) is 5.44. The fourth-order valence-corrected chi connectivity index (χ4v) is 2.08. The highest BCUT2D eigenvalue weighted by Crippen LogP contribution is 2.39. The third-order valence-corrected chi connectivity index (χ3v) is 2.62.